The van der Waals surface area contributed by atoms with Crippen molar-refractivity contribution in [3.63, 3.8) is 0 Å². The van der Waals surface area contributed by atoms with E-state index in [9.17, 15) is 9.59 Å². The number of methoxy groups -OCH3 is 1. The fourth-order valence-corrected chi connectivity index (χ4v) is 2.15. The zero-order valence-electron chi connectivity index (χ0n) is 14.6. The average Bonchev–Trinajstić information content (AvgIpc) is 2.58. The number of hydrogen-bond acceptors (Lipinski definition) is 6. The first-order valence-electron chi connectivity index (χ1n) is 8.22. The highest BCUT2D eigenvalue weighted by Gasteiger charge is 2.28. The van der Waals surface area contributed by atoms with Gasteiger partial charge in [-0.3, -0.25) is 9.59 Å². The molecule has 6 heteroatoms. The molecule has 0 fully saturated rings. The summed E-state index contributed by atoms with van der Waals surface area (Å²) < 4.78 is 20.6. The summed E-state index contributed by atoms with van der Waals surface area (Å²) in [7, 11) is 1.60. The summed E-state index contributed by atoms with van der Waals surface area (Å²) in [5.74, 6) is -0.449. The van der Waals surface area contributed by atoms with E-state index >= 15 is 0 Å². The van der Waals surface area contributed by atoms with Gasteiger partial charge in [-0.25, -0.2) is 0 Å². The Morgan fingerprint density at radius 3 is 2.21 bits per heavy atom. The van der Waals surface area contributed by atoms with Gasteiger partial charge < -0.3 is 18.9 Å². The van der Waals surface area contributed by atoms with Gasteiger partial charge in [0, 0.05) is 6.07 Å². The lowest BCUT2D eigenvalue weighted by molar-refractivity contribution is -0.162. The highest BCUT2D eigenvalue weighted by molar-refractivity contribution is 5.94. The van der Waals surface area contributed by atoms with Gasteiger partial charge in [-0.2, -0.15) is 0 Å². The van der Waals surface area contributed by atoms with Gasteiger partial charge in [0.2, 0.25) is 0 Å². The predicted octanol–water partition coefficient (Wildman–Crippen LogP) is 2.99. The highest BCUT2D eigenvalue weighted by atomic mass is 16.6. The summed E-state index contributed by atoms with van der Waals surface area (Å²) in [5.41, 5.74) is 0. The van der Waals surface area contributed by atoms with Crippen LogP contribution in [0.2, 0.25) is 0 Å². The smallest absolute Gasteiger partial charge is 0.320 e. The third kappa shape index (κ3) is 6.89. The number of rotatable bonds is 11. The Kier molecular flexibility index (Phi) is 9.34. The maximum atomic E-state index is 11.8. The van der Waals surface area contributed by atoms with Gasteiger partial charge in [0.15, 0.2) is 5.92 Å². The molecule has 0 aliphatic heterocycles. The molecule has 0 unspecified atom stereocenters. The van der Waals surface area contributed by atoms with Crippen LogP contribution < -0.4 is 9.47 Å². The first kappa shape index (κ1) is 19.8. The zero-order valence-corrected chi connectivity index (χ0v) is 14.6. The minimum atomic E-state index is -0.860. The maximum absolute atomic E-state index is 11.8. The molecule has 0 saturated carbocycles. The van der Waals surface area contributed by atoms with Gasteiger partial charge in [-0.1, -0.05) is 6.07 Å². The fraction of sp³-hybridized carbons (Fsp3) is 0.556. The van der Waals surface area contributed by atoms with Gasteiger partial charge >= 0.3 is 11.9 Å². The molecular weight excluding hydrogens is 312 g/mol. The van der Waals surface area contributed by atoms with E-state index in [-0.39, 0.29) is 13.2 Å². The lowest BCUT2D eigenvalue weighted by Crippen LogP contribution is -2.28. The van der Waals surface area contributed by atoms with Gasteiger partial charge in [0.1, 0.15) is 11.5 Å². The molecule has 134 valence electrons. The molecule has 1 rings (SSSR count). The van der Waals surface area contributed by atoms with Crippen molar-refractivity contribution in [1.29, 1.82) is 0 Å². The molecule has 6 nitrogen and oxygen atoms in total. The summed E-state index contributed by atoms with van der Waals surface area (Å²) in [5, 5.41) is 0. The van der Waals surface area contributed by atoms with Crippen molar-refractivity contribution in [2.75, 3.05) is 26.9 Å². The van der Waals surface area contributed by atoms with Crippen molar-refractivity contribution in [2.45, 2.75) is 33.1 Å². The van der Waals surface area contributed by atoms with E-state index in [0.29, 0.717) is 25.9 Å². The molecule has 24 heavy (non-hydrogen) atoms. The summed E-state index contributed by atoms with van der Waals surface area (Å²) in [4.78, 5) is 23.7. The van der Waals surface area contributed by atoms with Crippen LogP contribution in [0.15, 0.2) is 24.3 Å². The number of esters is 2. The van der Waals surface area contributed by atoms with E-state index < -0.39 is 17.9 Å². The first-order valence-corrected chi connectivity index (χ1v) is 8.22. The monoisotopic (exact) mass is 338 g/mol. The van der Waals surface area contributed by atoms with Crippen molar-refractivity contribution in [1.82, 2.24) is 0 Å². The standard InChI is InChI=1S/C18H26O6/c1-4-22-17(19)16(18(20)23-5-2)11-6-7-12-24-15-10-8-9-14(13-15)21-3/h8-10,13,16H,4-7,11-12H2,1-3H3. The lowest BCUT2D eigenvalue weighted by Gasteiger charge is -2.14. The molecule has 0 heterocycles. The van der Waals surface area contributed by atoms with Crippen LogP contribution in [0, 0.1) is 5.92 Å². The summed E-state index contributed by atoms with van der Waals surface area (Å²) in [6.07, 6.45) is 1.76. The second-order valence-electron chi connectivity index (χ2n) is 5.08. The maximum Gasteiger partial charge on any atom is 0.320 e. The summed E-state index contributed by atoms with van der Waals surface area (Å²) >= 11 is 0. The SMILES string of the molecule is CCOC(=O)C(CCCCOc1cccc(OC)c1)C(=O)OCC. The Morgan fingerprint density at radius 1 is 1.00 bits per heavy atom. The molecule has 0 aromatic heterocycles. The molecule has 0 aliphatic carbocycles. The third-order valence-corrected chi connectivity index (χ3v) is 3.34. The van der Waals surface area contributed by atoms with Gasteiger partial charge in [-0.05, 0) is 45.2 Å². The minimum absolute atomic E-state index is 0.244. The lowest BCUT2D eigenvalue weighted by atomic mass is 10.0. The van der Waals surface area contributed by atoms with E-state index in [1.54, 1.807) is 27.0 Å². The third-order valence-electron chi connectivity index (χ3n) is 3.34. The van der Waals surface area contributed by atoms with E-state index in [2.05, 4.69) is 0 Å². The molecule has 1 aromatic carbocycles. The number of unbranched alkanes of at least 4 members (excludes halogenated alkanes) is 1. The van der Waals surface area contributed by atoms with Crippen molar-refractivity contribution < 1.29 is 28.5 Å². The number of carbonyl (C=O) groups is 2. The van der Waals surface area contributed by atoms with Gasteiger partial charge in [0.05, 0.1) is 26.9 Å². The molecule has 0 aliphatic rings. The van der Waals surface area contributed by atoms with E-state index in [1.807, 2.05) is 18.2 Å². The summed E-state index contributed by atoms with van der Waals surface area (Å²) in [6.45, 7) is 4.40. The van der Waals surface area contributed by atoms with Gasteiger partial charge in [-0.15, -0.1) is 0 Å². The number of carbonyl (C=O) groups excluding carboxylic acids is 2. The van der Waals surface area contributed by atoms with Crippen molar-refractivity contribution in [3.05, 3.63) is 24.3 Å². The van der Waals surface area contributed by atoms with Crippen LogP contribution in [-0.4, -0.2) is 38.9 Å². The van der Waals surface area contributed by atoms with Crippen LogP contribution in [0.1, 0.15) is 33.1 Å². The molecule has 0 atom stereocenters. The van der Waals surface area contributed by atoms with E-state index in [4.69, 9.17) is 18.9 Å². The topological polar surface area (TPSA) is 71.1 Å². The van der Waals surface area contributed by atoms with Crippen LogP contribution in [0.25, 0.3) is 0 Å². The zero-order chi connectivity index (χ0) is 17.8. The predicted molar refractivity (Wildman–Crippen MR) is 89.1 cm³/mol. The Balaban J connectivity index is 2.38. The molecule has 0 N–H and O–H groups in total. The molecule has 0 saturated heterocycles. The fourth-order valence-electron chi connectivity index (χ4n) is 2.15. The van der Waals surface area contributed by atoms with Crippen LogP contribution in [-0.2, 0) is 19.1 Å². The summed E-state index contributed by atoms with van der Waals surface area (Å²) in [6, 6.07) is 7.35. The minimum Gasteiger partial charge on any atom is -0.497 e. The Labute approximate surface area is 143 Å². The van der Waals surface area contributed by atoms with Crippen LogP contribution in [0.4, 0.5) is 0 Å². The normalized spacial score (nSPS) is 10.3. The highest BCUT2D eigenvalue weighted by Crippen LogP contribution is 2.19. The first-order chi connectivity index (χ1) is 11.6. The van der Waals surface area contributed by atoms with Crippen molar-refractivity contribution in [2.24, 2.45) is 5.92 Å². The largest absolute Gasteiger partial charge is 0.497 e. The van der Waals surface area contributed by atoms with Crippen molar-refractivity contribution in [3.8, 4) is 11.5 Å². The average molecular weight is 338 g/mol. The van der Waals surface area contributed by atoms with E-state index in [1.165, 1.54) is 0 Å². The molecule has 0 amide bonds. The van der Waals surface area contributed by atoms with E-state index in [0.717, 1.165) is 11.5 Å². The Bertz CT molecular complexity index is 496. The van der Waals surface area contributed by atoms with Crippen molar-refractivity contribution >= 4 is 11.9 Å². The molecule has 0 spiro atoms. The van der Waals surface area contributed by atoms with Crippen LogP contribution in [0.5, 0.6) is 11.5 Å². The molecule has 1 aromatic rings. The van der Waals surface area contributed by atoms with Crippen LogP contribution >= 0.6 is 0 Å². The Morgan fingerprint density at radius 2 is 1.62 bits per heavy atom. The van der Waals surface area contributed by atoms with Gasteiger partial charge in [0.25, 0.3) is 0 Å². The second-order valence-corrected chi connectivity index (χ2v) is 5.08. The molecule has 0 radical (unpaired) electrons. The molecular formula is C18H26O6. The molecule has 0 bridgehead atoms. The quantitative estimate of drug-likeness (QED) is 0.351. The number of benzene rings is 1. The number of ether oxygens (including phenoxy) is 4. The number of hydrogen-bond donors (Lipinski definition) is 0. The Hall–Kier alpha value is -2.24. The van der Waals surface area contributed by atoms with Crippen LogP contribution in [0.3, 0.4) is 0 Å². The second kappa shape index (κ2) is 11.3.